The van der Waals surface area contributed by atoms with Crippen LogP contribution in [0.2, 0.25) is 5.15 Å². The summed E-state index contributed by atoms with van der Waals surface area (Å²) < 4.78 is 46.7. The highest BCUT2D eigenvalue weighted by Crippen LogP contribution is 2.37. The van der Waals surface area contributed by atoms with Gasteiger partial charge in [-0.1, -0.05) is 23.7 Å². The molecule has 3 nitrogen and oxygen atoms in total. The maximum Gasteiger partial charge on any atom is 0.257 e. The van der Waals surface area contributed by atoms with Gasteiger partial charge in [0.1, 0.15) is 17.1 Å². The lowest BCUT2D eigenvalue weighted by molar-refractivity contribution is -0.0166. The first-order chi connectivity index (χ1) is 12.6. The van der Waals surface area contributed by atoms with E-state index in [0.29, 0.717) is 36.4 Å². The summed E-state index contributed by atoms with van der Waals surface area (Å²) in [6, 6.07) is 6.68. The van der Waals surface area contributed by atoms with Crippen LogP contribution >= 0.6 is 11.6 Å². The van der Waals surface area contributed by atoms with E-state index < -0.39 is 5.92 Å². The highest BCUT2D eigenvalue weighted by Gasteiger charge is 2.29. The monoisotopic (exact) mass is 398 g/mol. The van der Waals surface area contributed by atoms with E-state index in [1.807, 2.05) is 13.0 Å². The summed E-state index contributed by atoms with van der Waals surface area (Å²) in [5.41, 5.74) is 2.74. The van der Waals surface area contributed by atoms with Crippen LogP contribution in [0.3, 0.4) is 0 Å². The first-order valence-corrected chi connectivity index (χ1v) is 9.19. The van der Waals surface area contributed by atoms with Crippen molar-refractivity contribution >= 4 is 11.6 Å². The van der Waals surface area contributed by atoms with E-state index >= 15 is 0 Å². The van der Waals surface area contributed by atoms with Crippen LogP contribution in [0.1, 0.15) is 24.5 Å². The second kappa shape index (κ2) is 7.68. The number of aryl methyl sites for hydroxylation is 1. The van der Waals surface area contributed by atoms with Gasteiger partial charge in [0.2, 0.25) is 5.88 Å². The third-order valence-corrected chi connectivity index (χ3v) is 4.72. The minimum Gasteiger partial charge on any atom is -0.473 e. The molecule has 1 aliphatic rings. The Balaban J connectivity index is 1.85. The molecule has 1 aliphatic heterocycles. The van der Waals surface area contributed by atoms with Gasteiger partial charge in [-0.25, -0.2) is 18.2 Å². The molecule has 0 radical (unpaired) electrons. The Morgan fingerprint density at radius 1 is 1.30 bits per heavy atom. The molecule has 7 heteroatoms. The van der Waals surface area contributed by atoms with E-state index in [-0.39, 0.29) is 23.6 Å². The van der Waals surface area contributed by atoms with E-state index in [1.54, 1.807) is 24.1 Å². The largest absolute Gasteiger partial charge is 0.473 e. The van der Waals surface area contributed by atoms with Gasteiger partial charge in [0, 0.05) is 24.6 Å². The molecule has 146 valence electrons. The summed E-state index contributed by atoms with van der Waals surface area (Å²) in [6.07, 6.45) is 0.978. The standard InChI is InChI=1S/C20H22ClF3N2O/c1-12-4-6-14(17(22)8-12)16-9-18(21)25-19-15(16)7-5-13(27-19)10-26(3)11-20(2,23)24/h4,6,8-9,13H,5,7,10-11H2,1-3H3. The van der Waals surface area contributed by atoms with E-state index in [4.69, 9.17) is 16.3 Å². The molecule has 0 spiro atoms. The van der Waals surface area contributed by atoms with Gasteiger partial charge in [0.15, 0.2) is 0 Å². The first kappa shape index (κ1) is 20.0. The Hall–Kier alpha value is -1.79. The zero-order valence-corrected chi connectivity index (χ0v) is 16.3. The molecule has 0 amide bonds. The number of benzene rings is 1. The number of alkyl halides is 2. The van der Waals surface area contributed by atoms with Crippen LogP contribution in [-0.2, 0) is 6.42 Å². The van der Waals surface area contributed by atoms with Crippen LogP contribution < -0.4 is 4.74 Å². The Kier molecular flexibility index (Phi) is 5.68. The number of nitrogens with zero attached hydrogens (tertiary/aromatic N) is 2. The van der Waals surface area contributed by atoms with E-state index in [9.17, 15) is 13.2 Å². The quantitative estimate of drug-likeness (QED) is 0.653. The van der Waals surface area contributed by atoms with Crippen molar-refractivity contribution in [2.45, 2.75) is 38.7 Å². The Labute approximate surface area is 162 Å². The molecule has 2 aromatic rings. The van der Waals surface area contributed by atoms with Gasteiger partial charge in [0.25, 0.3) is 5.92 Å². The molecule has 1 aromatic heterocycles. The van der Waals surface area contributed by atoms with Crippen molar-refractivity contribution in [1.82, 2.24) is 9.88 Å². The predicted molar refractivity (Wildman–Crippen MR) is 100 cm³/mol. The smallest absolute Gasteiger partial charge is 0.257 e. The molecule has 27 heavy (non-hydrogen) atoms. The van der Waals surface area contributed by atoms with Gasteiger partial charge in [-0.3, -0.25) is 4.90 Å². The van der Waals surface area contributed by atoms with Crippen molar-refractivity contribution in [1.29, 1.82) is 0 Å². The van der Waals surface area contributed by atoms with Gasteiger partial charge in [-0.2, -0.15) is 0 Å². The fourth-order valence-electron chi connectivity index (χ4n) is 3.47. The topological polar surface area (TPSA) is 25.4 Å². The number of likely N-dealkylation sites (N-methyl/N-ethyl adjacent to an activating group) is 1. The van der Waals surface area contributed by atoms with Crippen LogP contribution in [0, 0.1) is 12.7 Å². The predicted octanol–water partition coefficient (Wildman–Crippen LogP) is 5.13. The van der Waals surface area contributed by atoms with Crippen LogP contribution in [0.15, 0.2) is 24.3 Å². The van der Waals surface area contributed by atoms with Gasteiger partial charge in [0.05, 0.1) is 6.54 Å². The van der Waals surface area contributed by atoms with Gasteiger partial charge >= 0.3 is 0 Å². The van der Waals surface area contributed by atoms with Crippen LogP contribution in [0.5, 0.6) is 5.88 Å². The molecule has 1 unspecified atom stereocenters. The number of pyridine rings is 1. The summed E-state index contributed by atoms with van der Waals surface area (Å²) in [7, 11) is 1.63. The Bertz CT molecular complexity index is 839. The van der Waals surface area contributed by atoms with Crippen molar-refractivity contribution in [2.24, 2.45) is 0 Å². The normalized spacial score (nSPS) is 17.0. The van der Waals surface area contributed by atoms with Gasteiger partial charge in [-0.05, 0) is 50.1 Å². The lowest BCUT2D eigenvalue weighted by Crippen LogP contribution is -2.40. The first-order valence-electron chi connectivity index (χ1n) is 8.81. The molecular formula is C20H22ClF3N2O. The van der Waals surface area contributed by atoms with Crippen LogP contribution in [0.25, 0.3) is 11.1 Å². The number of rotatable bonds is 5. The Morgan fingerprint density at radius 2 is 2.04 bits per heavy atom. The molecule has 1 aromatic carbocycles. The SMILES string of the molecule is Cc1ccc(-c2cc(Cl)nc3c2CCC(CN(C)CC(C)(F)F)O3)c(F)c1. The number of fused-ring (bicyclic) bond motifs is 1. The molecule has 0 bridgehead atoms. The molecule has 0 N–H and O–H groups in total. The summed E-state index contributed by atoms with van der Waals surface area (Å²) in [5, 5.41) is 0.206. The van der Waals surface area contributed by atoms with E-state index in [2.05, 4.69) is 4.98 Å². The van der Waals surface area contributed by atoms with E-state index in [1.165, 1.54) is 6.07 Å². The van der Waals surface area contributed by atoms with Crippen LogP contribution in [-0.4, -0.2) is 42.0 Å². The van der Waals surface area contributed by atoms with E-state index in [0.717, 1.165) is 18.1 Å². The second-order valence-electron chi connectivity index (χ2n) is 7.31. The Morgan fingerprint density at radius 3 is 2.70 bits per heavy atom. The van der Waals surface area contributed by atoms with Crippen molar-refractivity contribution < 1.29 is 17.9 Å². The number of halogens is 4. The molecule has 0 saturated carbocycles. The van der Waals surface area contributed by atoms with Crippen molar-refractivity contribution in [3.05, 3.63) is 46.4 Å². The van der Waals surface area contributed by atoms with Crippen LogP contribution in [0.4, 0.5) is 13.2 Å². The molecule has 2 heterocycles. The van der Waals surface area contributed by atoms with Crippen molar-refractivity contribution in [3.63, 3.8) is 0 Å². The summed E-state index contributed by atoms with van der Waals surface area (Å²) in [4.78, 5) is 5.78. The van der Waals surface area contributed by atoms with Crippen molar-refractivity contribution in [2.75, 3.05) is 20.1 Å². The number of aromatic nitrogens is 1. The molecule has 3 rings (SSSR count). The zero-order chi connectivity index (χ0) is 19.8. The summed E-state index contributed by atoms with van der Waals surface area (Å²) >= 11 is 6.13. The summed E-state index contributed by atoms with van der Waals surface area (Å²) in [6.45, 7) is 2.73. The number of hydrogen-bond acceptors (Lipinski definition) is 3. The zero-order valence-electron chi connectivity index (χ0n) is 15.5. The highest BCUT2D eigenvalue weighted by molar-refractivity contribution is 6.29. The number of hydrogen-bond donors (Lipinski definition) is 0. The third-order valence-electron chi connectivity index (χ3n) is 4.53. The second-order valence-corrected chi connectivity index (χ2v) is 7.69. The molecule has 0 saturated heterocycles. The lowest BCUT2D eigenvalue weighted by atomic mass is 9.94. The molecule has 0 fully saturated rings. The average Bonchev–Trinajstić information content (AvgIpc) is 2.52. The molecule has 1 atom stereocenters. The third kappa shape index (κ3) is 4.93. The maximum atomic E-state index is 14.5. The molecular weight excluding hydrogens is 377 g/mol. The minimum absolute atomic E-state index is 0.206. The lowest BCUT2D eigenvalue weighted by Gasteiger charge is -2.30. The number of ether oxygens (including phenoxy) is 1. The highest BCUT2D eigenvalue weighted by atomic mass is 35.5. The average molecular weight is 399 g/mol. The summed E-state index contributed by atoms with van der Waals surface area (Å²) in [5.74, 6) is -2.74. The minimum atomic E-state index is -2.76. The fraction of sp³-hybridized carbons (Fsp3) is 0.450. The maximum absolute atomic E-state index is 14.5. The molecule has 0 aliphatic carbocycles. The fourth-order valence-corrected chi connectivity index (χ4v) is 3.66. The van der Waals surface area contributed by atoms with Gasteiger partial charge in [-0.15, -0.1) is 0 Å². The van der Waals surface area contributed by atoms with Crippen molar-refractivity contribution in [3.8, 4) is 17.0 Å². The van der Waals surface area contributed by atoms with Gasteiger partial charge < -0.3 is 4.74 Å².